The van der Waals surface area contributed by atoms with Crippen molar-refractivity contribution in [3.63, 3.8) is 0 Å². The van der Waals surface area contributed by atoms with Crippen molar-refractivity contribution >= 4 is 28.1 Å². The number of amides is 1. The second-order valence-corrected chi connectivity index (χ2v) is 6.99. The minimum absolute atomic E-state index is 0.0854. The van der Waals surface area contributed by atoms with Crippen LogP contribution < -0.4 is 21.3 Å². The van der Waals surface area contributed by atoms with Gasteiger partial charge in [-0.05, 0) is 43.2 Å². The van der Waals surface area contributed by atoms with E-state index in [1.165, 1.54) is 17.5 Å². The molecule has 0 bridgehead atoms. The van der Waals surface area contributed by atoms with Gasteiger partial charge in [-0.25, -0.2) is 4.68 Å². The average Bonchev–Trinajstić information content (AvgIpc) is 3.25. The van der Waals surface area contributed by atoms with Gasteiger partial charge in [0.1, 0.15) is 0 Å². The summed E-state index contributed by atoms with van der Waals surface area (Å²) in [5.74, 6) is -0.209. The van der Waals surface area contributed by atoms with E-state index in [0.29, 0.717) is 10.8 Å². The number of aromatic amines is 1. The second-order valence-electron chi connectivity index (χ2n) is 6.99. The fourth-order valence-corrected chi connectivity index (χ4v) is 3.60. The first kappa shape index (κ1) is 18.0. The summed E-state index contributed by atoms with van der Waals surface area (Å²) in [6.07, 6.45) is 2.47. The van der Waals surface area contributed by atoms with Crippen molar-refractivity contribution in [2.45, 2.75) is 25.8 Å². The molecular weight excluding hydrogens is 356 g/mol. The molecule has 7 nitrogen and oxygen atoms in total. The Morgan fingerprint density at radius 3 is 2.54 bits per heavy atom. The molecule has 2 N–H and O–H groups in total. The summed E-state index contributed by atoms with van der Waals surface area (Å²) in [5, 5.41) is 6.13. The summed E-state index contributed by atoms with van der Waals surface area (Å²) in [6, 6.07) is 14.4. The first-order valence-electron chi connectivity index (χ1n) is 9.48. The third-order valence-electron chi connectivity index (χ3n) is 5.05. The lowest BCUT2D eigenvalue weighted by atomic mass is 10.2. The normalized spacial score (nSPS) is 13.8. The Kier molecular flexibility index (Phi) is 4.97. The fraction of sp³-hybridized carbons (Fsp3) is 0.286. The van der Waals surface area contributed by atoms with Crippen molar-refractivity contribution in [3.05, 3.63) is 69.2 Å². The highest BCUT2D eigenvalue weighted by molar-refractivity contribution is 5.91. The van der Waals surface area contributed by atoms with Crippen LogP contribution in [0.2, 0.25) is 0 Å². The molecule has 1 aromatic heterocycles. The molecule has 7 heteroatoms. The predicted molar refractivity (Wildman–Crippen MR) is 110 cm³/mol. The molecule has 1 saturated heterocycles. The summed E-state index contributed by atoms with van der Waals surface area (Å²) >= 11 is 0. The van der Waals surface area contributed by atoms with E-state index in [2.05, 4.69) is 15.3 Å². The van der Waals surface area contributed by atoms with Gasteiger partial charge < -0.3 is 10.2 Å². The lowest BCUT2D eigenvalue weighted by Gasteiger charge is -2.18. The summed E-state index contributed by atoms with van der Waals surface area (Å²) in [6.45, 7) is 2.18. The van der Waals surface area contributed by atoms with E-state index in [9.17, 15) is 14.4 Å². The van der Waals surface area contributed by atoms with Crippen LogP contribution in [0.25, 0.3) is 10.8 Å². The minimum Gasteiger partial charge on any atom is -0.371 e. The summed E-state index contributed by atoms with van der Waals surface area (Å²) < 4.78 is 1.20. The largest absolute Gasteiger partial charge is 0.371 e. The Morgan fingerprint density at radius 2 is 1.75 bits per heavy atom. The van der Waals surface area contributed by atoms with Gasteiger partial charge in [-0.3, -0.25) is 19.5 Å². The predicted octanol–water partition coefficient (Wildman–Crippen LogP) is 2.32. The molecule has 3 aromatic rings. The zero-order valence-corrected chi connectivity index (χ0v) is 15.5. The number of carbonyl (C=O) groups excluding carboxylic acids is 1. The van der Waals surface area contributed by atoms with Gasteiger partial charge in [-0.2, -0.15) is 0 Å². The maximum Gasteiger partial charge on any atom is 0.273 e. The molecule has 1 aliphatic heterocycles. The first-order chi connectivity index (χ1) is 13.6. The second kappa shape index (κ2) is 7.72. The number of hydrogen-bond donors (Lipinski definition) is 2. The molecule has 0 aliphatic carbocycles. The van der Waals surface area contributed by atoms with Crippen LogP contribution in [0.15, 0.2) is 58.1 Å². The number of aromatic nitrogens is 2. The molecular formula is C21H22N4O3. The number of rotatable bonds is 5. The maximum atomic E-state index is 12.5. The number of nitrogens with one attached hydrogen (secondary N) is 2. The molecule has 0 unspecified atom stereocenters. The van der Waals surface area contributed by atoms with Crippen molar-refractivity contribution in [3.8, 4) is 0 Å². The van der Waals surface area contributed by atoms with E-state index in [1.54, 1.807) is 24.3 Å². The molecule has 0 saturated carbocycles. The molecule has 4 rings (SSSR count). The zero-order valence-electron chi connectivity index (χ0n) is 15.5. The van der Waals surface area contributed by atoms with Crippen LogP contribution in [0.3, 0.4) is 0 Å². The Balaban J connectivity index is 1.45. The van der Waals surface area contributed by atoms with Gasteiger partial charge in [-0.15, -0.1) is 0 Å². The standard InChI is InChI=1S/C21H22N4O3/c26-19(22-15-6-5-7-16(14-15)24-11-3-4-12-24)10-13-25-21(28)18-9-2-1-8-17(18)20(27)23-25/h1-2,5-9,14H,3-4,10-13H2,(H,22,26)(H,23,27). The number of fused-ring (bicyclic) bond motifs is 1. The lowest BCUT2D eigenvalue weighted by Crippen LogP contribution is -2.31. The van der Waals surface area contributed by atoms with Crippen LogP contribution in [0, 0.1) is 0 Å². The van der Waals surface area contributed by atoms with Crippen molar-refractivity contribution in [2.24, 2.45) is 0 Å². The van der Waals surface area contributed by atoms with Crippen LogP contribution in [0.1, 0.15) is 19.3 Å². The van der Waals surface area contributed by atoms with Gasteiger partial charge in [-0.1, -0.05) is 18.2 Å². The highest BCUT2D eigenvalue weighted by Crippen LogP contribution is 2.23. The van der Waals surface area contributed by atoms with Crippen molar-refractivity contribution in [2.75, 3.05) is 23.3 Å². The van der Waals surface area contributed by atoms with E-state index < -0.39 is 0 Å². The quantitative estimate of drug-likeness (QED) is 0.713. The average molecular weight is 378 g/mol. The SMILES string of the molecule is O=C(CCn1[nH]c(=O)c2ccccc2c1=O)Nc1cccc(N2CCCC2)c1. The van der Waals surface area contributed by atoms with E-state index in [1.807, 2.05) is 24.3 Å². The van der Waals surface area contributed by atoms with E-state index in [4.69, 9.17) is 0 Å². The van der Waals surface area contributed by atoms with E-state index >= 15 is 0 Å². The number of H-pyrrole nitrogens is 1. The van der Waals surface area contributed by atoms with Crippen molar-refractivity contribution in [1.82, 2.24) is 9.78 Å². The fourth-order valence-electron chi connectivity index (χ4n) is 3.60. The molecule has 1 amide bonds. The summed E-state index contributed by atoms with van der Waals surface area (Å²) in [5.41, 5.74) is 1.19. The van der Waals surface area contributed by atoms with E-state index in [-0.39, 0.29) is 30.0 Å². The Hall–Kier alpha value is -3.35. The number of benzene rings is 2. The third-order valence-corrected chi connectivity index (χ3v) is 5.05. The highest BCUT2D eigenvalue weighted by atomic mass is 16.2. The third kappa shape index (κ3) is 3.69. The smallest absolute Gasteiger partial charge is 0.273 e. The number of anilines is 2. The highest BCUT2D eigenvalue weighted by Gasteiger charge is 2.13. The van der Waals surface area contributed by atoms with Crippen LogP contribution in [0.4, 0.5) is 11.4 Å². The van der Waals surface area contributed by atoms with Gasteiger partial charge in [0.2, 0.25) is 5.91 Å². The maximum absolute atomic E-state index is 12.5. The molecule has 2 aromatic carbocycles. The monoisotopic (exact) mass is 378 g/mol. The minimum atomic E-state index is -0.339. The summed E-state index contributed by atoms with van der Waals surface area (Å²) in [4.78, 5) is 39.3. The molecule has 0 spiro atoms. The van der Waals surface area contributed by atoms with Gasteiger partial charge >= 0.3 is 0 Å². The molecule has 144 valence electrons. The number of hydrogen-bond acceptors (Lipinski definition) is 4. The Labute approximate surface area is 161 Å². The van der Waals surface area contributed by atoms with Crippen LogP contribution in [-0.2, 0) is 11.3 Å². The van der Waals surface area contributed by atoms with Crippen molar-refractivity contribution < 1.29 is 4.79 Å². The number of nitrogens with zero attached hydrogens (tertiary/aromatic N) is 2. The first-order valence-corrected chi connectivity index (χ1v) is 9.48. The van der Waals surface area contributed by atoms with Gasteiger partial charge in [0.15, 0.2) is 0 Å². The molecule has 1 aliphatic rings. The molecule has 28 heavy (non-hydrogen) atoms. The Bertz CT molecular complexity index is 1130. The molecule has 0 radical (unpaired) electrons. The summed E-state index contributed by atoms with van der Waals surface area (Å²) in [7, 11) is 0. The van der Waals surface area contributed by atoms with E-state index in [0.717, 1.165) is 24.5 Å². The van der Waals surface area contributed by atoms with Crippen LogP contribution >= 0.6 is 0 Å². The molecule has 1 fully saturated rings. The number of carbonyl (C=O) groups is 1. The molecule has 0 atom stereocenters. The Morgan fingerprint density at radius 1 is 1.00 bits per heavy atom. The van der Waals surface area contributed by atoms with Gasteiger partial charge in [0.05, 0.1) is 17.3 Å². The lowest BCUT2D eigenvalue weighted by molar-refractivity contribution is -0.116. The van der Waals surface area contributed by atoms with Crippen LogP contribution in [0.5, 0.6) is 0 Å². The number of aryl methyl sites for hydroxylation is 1. The van der Waals surface area contributed by atoms with Gasteiger partial charge in [0.25, 0.3) is 11.1 Å². The topological polar surface area (TPSA) is 87.2 Å². The van der Waals surface area contributed by atoms with Gasteiger partial charge in [0, 0.05) is 30.9 Å². The molecule has 2 heterocycles. The zero-order chi connectivity index (χ0) is 19.5. The van der Waals surface area contributed by atoms with Crippen molar-refractivity contribution in [1.29, 1.82) is 0 Å². The van der Waals surface area contributed by atoms with Crippen LogP contribution in [-0.4, -0.2) is 28.8 Å².